The van der Waals surface area contributed by atoms with Crippen LogP contribution in [0.2, 0.25) is 0 Å². The first-order chi connectivity index (χ1) is 7.52. The first kappa shape index (κ1) is 12.7. The van der Waals surface area contributed by atoms with Crippen LogP contribution in [-0.2, 0) is 0 Å². The van der Waals surface area contributed by atoms with E-state index in [1.165, 1.54) is 6.07 Å². The van der Waals surface area contributed by atoms with Crippen molar-refractivity contribution in [1.82, 2.24) is 9.97 Å². The molecule has 16 heavy (non-hydrogen) atoms. The first-order valence-electron chi connectivity index (χ1n) is 5.49. The second kappa shape index (κ2) is 5.65. The second-order valence-electron chi connectivity index (χ2n) is 4.34. The fourth-order valence-electron chi connectivity index (χ4n) is 1.18. The van der Waals surface area contributed by atoms with Gasteiger partial charge < -0.3 is 15.4 Å². The summed E-state index contributed by atoms with van der Waals surface area (Å²) < 4.78 is 0. The molecule has 5 nitrogen and oxygen atoms in total. The van der Waals surface area contributed by atoms with Crippen LogP contribution in [0, 0.1) is 5.92 Å². The molecule has 0 aliphatic rings. The Hall–Kier alpha value is -1.36. The summed E-state index contributed by atoms with van der Waals surface area (Å²) >= 11 is 0. The zero-order valence-corrected chi connectivity index (χ0v) is 9.95. The minimum atomic E-state index is -0.155. The van der Waals surface area contributed by atoms with Crippen molar-refractivity contribution in [3.05, 3.63) is 22.2 Å². The van der Waals surface area contributed by atoms with E-state index in [1.54, 1.807) is 0 Å². The van der Waals surface area contributed by atoms with Crippen molar-refractivity contribution in [3.8, 4) is 0 Å². The van der Waals surface area contributed by atoms with Gasteiger partial charge in [-0.1, -0.05) is 20.8 Å². The highest BCUT2D eigenvalue weighted by molar-refractivity contribution is 5.33. The van der Waals surface area contributed by atoms with Crippen molar-refractivity contribution < 1.29 is 5.11 Å². The summed E-state index contributed by atoms with van der Waals surface area (Å²) in [6.45, 7) is 6.58. The van der Waals surface area contributed by atoms with Crippen molar-refractivity contribution in [2.75, 3.05) is 18.5 Å². The Morgan fingerprint density at radius 3 is 2.75 bits per heavy atom. The molecule has 0 saturated carbocycles. The third kappa shape index (κ3) is 3.66. The summed E-state index contributed by atoms with van der Waals surface area (Å²) in [6.07, 6.45) is 0. The van der Waals surface area contributed by atoms with Gasteiger partial charge in [0.1, 0.15) is 11.6 Å². The van der Waals surface area contributed by atoms with E-state index >= 15 is 0 Å². The van der Waals surface area contributed by atoms with Gasteiger partial charge in [-0.3, -0.25) is 4.79 Å². The molecule has 0 amide bonds. The number of anilines is 1. The van der Waals surface area contributed by atoms with Gasteiger partial charge in [-0.2, -0.15) is 0 Å². The van der Waals surface area contributed by atoms with E-state index in [1.807, 2.05) is 20.8 Å². The van der Waals surface area contributed by atoms with Gasteiger partial charge in [0.15, 0.2) is 0 Å². The molecule has 5 heteroatoms. The normalized spacial score (nSPS) is 12.8. The maximum absolute atomic E-state index is 11.3. The maximum Gasteiger partial charge on any atom is 0.252 e. The Labute approximate surface area is 94.9 Å². The summed E-state index contributed by atoms with van der Waals surface area (Å²) in [6, 6.07) is 1.43. The molecule has 1 aromatic heterocycles. The molecule has 90 valence electrons. The number of hydrogen-bond acceptors (Lipinski definition) is 4. The van der Waals surface area contributed by atoms with Gasteiger partial charge >= 0.3 is 0 Å². The molecule has 1 rings (SSSR count). The molecular formula is C11H19N3O2. The molecule has 0 radical (unpaired) electrons. The molecule has 0 spiro atoms. The molecular weight excluding hydrogens is 206 g/mol. The maximum atomic E-state index is 11.3. The number of H-pyrrole nitrogens is 1. The van der Waals surface area contributed by atoms with Crippen LogP contribution < -0.4 is 10.9 Å². The SMILES string of the molecule is CC(CO)CNc1cc(=O)[nH]c(C(C)C)n1. The first-order valence-corrected chi connectivity index (χ1v) is 5.49. The van der Waals surface area contributed by atoms with E-state index < -0.39 is 0 Å². The van der Waals surface area contributed by atoms with Gasteiger partial charge in [-0.25, -0.2) is 4.98 Å². The lowest BCUT2D eigenvalue weighted by Gasteiger charge is -2.11. The average molecular weight is 225 g/mol. The van der Waals surface area contributed by atoms with Crippen LogP contribution in [-0.4, -0.2) is 28.2 Å². The summed E-state index contributed by atoms with van der Waals surface area (Å²) in [5, 5.41) is 11.9. The van der Waals surface area contributed by atoms with Gasteiger partial charge in [-0.15, -0.1) is 0 Å². The number of aromatic amines is 1. The lowest BCUT2D eigenvalue weighted by molar-refractivity contribution is 0.244. The fraction of sp³-hybridized carbons (Fsp3) is 0.636. The molecule has 1 aromatic rings. The molecule has 0 bridgehead atoms. The van der Waals surface area contributed by atoms with E-state index in [4.69, 9.17) is 5.11 Å². The monoisotopic (exact) mass is 225 g/mol. The van der Waals surface area contributed by atoms with Crippen molar-refractivity contribution >= 4 is 5.82 Å². The Morgan fingerprint density at radius 1 is 1.50 bits per heavy atom. The van der Waals surface area contributed by atoms with Crippen molar-refractivity contribution in [2.24, 2.45) is 5.92 Å². The lowest BCUT2D eigenvalue weighted by Crippen LogP contribution is -2.19. The number of nitrogens with zero attached hydrogens (tertiary/aromatic N) is 1. The van der Waals surface area contributed by atoms with Crippen LogP contribution in [0.5, 0.6) is 0 Å². The van der Waals surface area contributed by atoms with E-state index in [2.05, 4.69) is 15.3 Å². The van der Waals surface area contributed by atoms with Crippen LogP contribution in [0.4, 0.5) is 5.82 Å². The molecule has 0 fully saturated rings. The smallest absolute Gasteiger partial charge is 0.252 e. The predicted octanol–water partition coefficient (Wildman–Crippen LogP) is 0.934. The summed E-state index contributed by atoms with van der Waals surface area (Å²) in [4.78, 5) is 18.3. The topological polar surface area (TPSA) is 78.0 Å². The van der Waals surface area contributed by atoms with Crippen LogP contribution in [0.15, 0.2) is 10.9 Å². The fourth-order valence-corrected chi connectivity index (χ4v) is 1.18. The molecule has 0 aliphatic carbocycles. The summed E-state index contributed by atoms with van der Waals surface area (Å²) in [5.41, 5.74) is -0.155. The zero-order chi connectivity index (χ0) is 12.1. The molecule has 3 N–H and O–H groups in total. The lowest BCUT2D eigenvalue weighted by atomic mass is 10.2. The number of aliphatic hydroxyl groups is 1. The number of nitrogens with one attached hydrogen (secondary N) is 2. The highest BCUT2D eigenvalue weighted by Crippen LogP contribution is 2.09. The highest BCUT2D eigenvalue weighted by atomic mass is 16.3. The van der Waals surface area contributed by atoms with E-state index in [0.717, 1.165) is 0 Å². The minimum absolute atomic E-state index is 0.118. The number of aliphatic hydroxyl groups excluding tert-OH is 1. The molecule has 1 heterocycles. The number of hydrogen-bond donors (Lipinski definition) is 3. The molecule has 0 saturated heterocycles. The van der Waals surface area contributed by atoms with Crippen LogP contribution >= 0.6 is 0 Å². The number of rotatable bonds is 5. The summed E-state index contributed by atoms with van der Waals surface area (Å²) in [5.74, 6) is 1.56. The molecule has 1 unspecified atom stereocenters. The van der Waals surface area contributed by atoms with Crippen molar-refractivity contribution in [2.45, 2.75) is 26.7 Å². The van der Waals surface area contributed by atoms with Gasteiger partial charge in [0.2, 0.25) is 0 Å². The molecule has 0 aromatic carbocycles. The standard InChI is InChI=1S/C11H19N3O2/c1-7(2)11-13-9(4-10(16)14-11)12-5-8(3)6-15/h4,7-8,15H,5-6H2,1-3H3,(H2,12,13,14,16). The molecule has 0 aliphatic heterocycles. The quantitative estimate of drug-likeness (QED) is 0.696. The van der Waals surface area contributed by atoms with E-state index in [-0.39, 0.29) is 24.0 Å². The zero-order valence-electron chi connectivity index (χ0n) is 9.95. The van der Waals surface area contributed by atoms with E-state index in [9.17, 15) is 4.79 Å². The average Bonchev–Trinajstić information content (AvgIpc) is 2.25. The number of aromatic nitrogens is 2. The Morgan fingerprint density at radius 2 is 2.19 bits per heavy atom. The van der Waals surface area contributed by atoms with Gasteiger partial charge in [0, 0.05) is 25.1 Å². The third-order valence-electron chi connectivity index (χ3n) is 2.25. The van der Waals surface area contributed by atoms with Gasteiger partial charge in [-0.05, 0) is 5.92 Å². The third-order valence-corrected chi connectivity index (χ3v) is 2.25. The molecule has 1 atom stereocenters. The second-order valence-corrected chi connectivity index (χ2v) is 4.34. The van der Waals surface area contributed by atoms with Crippen molar-refractivity contribution in [1.29, 1.82) is 0 Å². The van der Waals surface area contributed by atoms with Gasteiger partial charge in [0.25, 0.3) is 5.56 Å². The van der Waals surface area contributed by atoms with Crippen LogP contribution in [0.3, 0.4) is 0 Å². The Balaban J connectivity index is 2.77. The van der Waals surface area contributed by atoms with E-state index in [0.29, 0.717) is 18.2 Å². The van der Waals surface area contributed by atoms with Crippen LogP contribution in [0.1, 0.15) is 32.5 Å². The minimum Gasteiger partial charge on any atom is -0.396 e. The highest BCUT2D eigenvalue weighted by Gasteiger charge is 2.06. The van der Waals surface area contributed by atoms with Gasteiger partial charge in [0.05, 0.1) is 0 Å². The van der Waals surface area contributed by atoms with Crippen molar-refractivity contribution in [3.63, 3.8) is 0 Å². The Kier molecular flexibility index (Phi) is 4.49. The van der Waals surface area contributed by atoms with Crippen LogP contribution in [0.25, 0.3) is 0 Å². The summed E-state index contributed by atoms with van der Waals surface area (Å²) in [7, 11) is 0. The predicted molar refractivity (Wildman–Crippen MR) is 63.7 cm³/mol. The Bertz CT molecular complexity index is 387. The largest absolute Gasteiger partial charge is 0.396 e.